The van der Waals surface area contributed by atoms with Crippen LogP contribution < -0.4 is 10.6 Å². The SMILES string of the molecule is C/C(=C\C(C(C)C)N(C)C(=O)C(NC(=O)C1CCCCN1C(C)C)C(C)(C)C)C(=O)N1CCC[C@H]1C(=O)NCCN1CCCCC1. The van der Waals surface area contributed by atoms with Crippen molar-refractivity contribution in [2.75, 3.05) is 46.3 Å². The summed E-state index contributed by atoms with van der Waals surface area (Å²) in [5.41, 5.74) is 0.0101. The summed E-state index contributed by atoms with van der Waals surface area (Å²) in [4.78, 5) is 62.7. The van der Waals surface area contributed by atoms with E-state index in [1.54, 1.807) is 23.8 Å². The molecule has 3 fully saturated rings. The van der Waals surface area contributed by atoms with Gasteiger partial charge in [0.05, 0.1) is 12.1 Å². The normalized spacial score (nSPS) is 23.4. The van der Waals surface area contributed by atoms with Crippen molar-refractivity contribution in [3.05, 3.63) is 11.6 Å². The maximum absolute atomic E-state index is 14.1. The van der Waals surface area contributed by atoms with Crippen molar-refractivity contribution in [2.24, 2.45) is 11.3 Å². The highest BCUT2D eigenvalue weighted by molar-refractivity contribution is 5.97. The van der Waals surface area contributed by atoms with Crippen LogP contribution in [0.5, 0.6) is 0 Å². The smallest absolute Gasteiger partial charge is 0.249 e. The van der Waals surface area contributed by atoms with Crippen molar-refractivity contribution >= 4 is 23.6 Å². The quantitative estimate of drug-likeness (QED) is 0.313. The number of carbonyl (C=O) groups excluding carboxylic acids is 4. The number of rotatable bonds is 12. The first-order valence-electron chi connectivity index (χ1n) is 18.0. The average Bonchev–Trinajstić information content (AvgIpc) is 3.51. The second kappa shape index (κ2) is 17.1. The van der Waals surface area contributed by atoms with Crippen LogP contribution in [0.4, 0.5) is 0 Å². The van der Waals surface area contributed by atoms with Gasteiger partial charge in [0, 0.05) is 38.3 Å². The molecule has 0 radical (unpaired) electrons. The van der Waals surface area contributed by atoms with Crippen LogP contribution in [0.1, 0.15) is 107 Å². The summed E-state index contributed by atoms with van der Waals surface area (Å²) in [7, 11) is 1.77. The van der Waals surface area contributed by atoms with Gasteiger partial charge in [0.25, 0.3) is 0 Å². The van der Waals surface area contributed by atoms with Crippen molar-refractivity contribution in [2.45, 2.75) is 137 Å². The van der Waals surface area contributed by atoms with E-state index in [0.29, 0.717) is 25.1 Å². The Labute approximate surface area is 279 Å². The molecule has 0 aromatic carbocycles. The van der Waals surface area contributed by atoms with E-state index in [4.69, 9.17) is 0 Å². The molecule has 3 saturated heterocycles. The summed E-state index contributed by atoms with van der Waals surface area (Å²) in [6, 6.07) is -1.55. The Morgan fingerprint density at radius 3 is 2.09 bits per heavy atom. The van der Waals surface area contributed by atoms with Gasteiger partial charge < -0.3 is 25.3 Å². The lowest BCUT2D eigenvalue weighted by molar-refractivity contribution is -0.142. The Hall–Kier alpha value is -2.46. The van der Waals surface area contributed by atoms with Gasteiger partial charge in [0.2, 0.25) is 23.6 Å². The minimum absolute atomic E-state index is 0.0234. The fourth-order valence-electron chi connectivity index (χ4n) is 7.32. The van der Waals surface area contributed by atoms with E-state index in [-0.39, 0.29) is 47.7 Å². The molecule has 0 aromatic heterocycles. The van der Waals surface area contributed by atoms with Gasteiger partial charge in [-0.2, -0.15) is 0 Å². The molecule has 3 heterocycles. The first-order chi connectivity index (χ1) is 21.6. The second-order valence-electron chi connectivity index (χ2n) is 15.5. The summed E-state index contributed by atoms with van der Waals surface area (Å²) in [5.74, 6) is -0.481. The third-order valence-corrected chi connectivity index (χ3v) is 10.1. The lowest BCUT2D eigenvalue weighted by atomic mass is 9.84. The molecular weight excluding hydrogens is 580 g/mol. The average molecular weight is 645 g/mol. The van der Waals surface area contributed by atoms with Gasteiger partial charge in [-0.25, -0.2) is 0 Å². The van der Waals surface area contributed by atoms with Crippen molar-refractivity contribution in [1.82, 2.24) is 30.2 Å². The van der Waals surface area contributed by atoms with E-state index in [9.17, 15) is 19.2 Å². The van der Waals surface area contributed by atoms with Crippen molar-refractivity contribution in [3.63, 3.8) is 0 Å². The van der Waals surface area contributed by atoms with E-state index in [1.165, 1.54) is 19.3 Å². The molecule has 46 heavy (non-hydrogen) atoms. The molecule has 0 saturated carbocycles. The summed E-state index contributed by atoms with van der Waals surface area (Å²) in [6.45, 7) is 21.0. The standard InChI is InChI=1S/C36H64N6O4/c1-25(2)30(39(9)35(46)31(36(6,7)8)38-33(44)29-16-11-14-21-41(29)26(3)4)24-27(5)34(45)42-22-15-17-28(42)32(43)37-18-23-40-19-12-10-13-20-40/h24-26,28-31H,10-23H2,1-9H3,(H,37,43)(H,38,44)/b27-24+/t28-,29?,30?,31?/m0/s1. The Morgan fingerprint density at radius 2 is 1.48 bits per heavy atom. The molecule has 10 heteroatoms. The molecule has 0 aliphatic carbocycles. The van der Waals surface area contributed by atoms with Crippen molar-refractivity contribution in [1.29, 1.82) is 0 Å². The first-order valence-corrected chi connectivity index (χ1v) is 18.0. The third-order valence-electron chi connectivity index (χ3n) is 10.1. The topological polar surface area (TPSA) is 105 Å². The summed E-state index contributed by atoms with van der Waals surface area (Å²) >= 11 is 0. The molecular formula is C36H64N6O4. The molecule has 4 atom stereocenters. The number of nitrogens with one attached hydrogen (secondary N) is 2. The van der Waals surface area contributed by atoms with E-state index in [0.717, 1.165) is 51.9 Å². The molecule has 0 spiro atoms. The van der Waals surface area contributed by atoms with Gasteiger partial charge in [-0.05, 0) is 90.3 Å². The Kier molecular flexibility index (Phi) is 14.1. The highest BCUT2D eigenvalue weighted by Crippen LogP contribution is 2.27. The largest absolute Gasteiger partial charge is 0.353 e. The number of hydrogen-bond donors (Lipinski definition) is 2. The molecule has 3 rings (SSSR count). The van der Waals surface area contributed by atoms with Crippen LogP contribution >= 0.6 is 0 Å². The lowest BCUT2D eigenvalue weighted by Crippen LogP contribution is -2.60. The second-order valence-corrected chi connectivity index (χ2v) is 15.5. The molecule has 0 bridgehead atoms. The number of piperidine rings is 2. The van der Waals surface area contributed by atoms with Crippen LogP contribution in [0, 0.1) is 11.3 Å². The summed E-state index contributed by atoms with van der Waals surface area (Å²) in [6.07, 6.45) is 9.89. The van der Waals surface area contributed by atoms with Gasteiger partial charge in [-0.1, -0.05) is 53.5 Å². The van der Waals surface area contributed by atoms with Gasteiger partial charge in [0.15, 0.2) is 0 Å². The Morgan fingerprint density at radius 1 is 0.848 bits per heavy atom. The Balaban J connectivity index is 1.70. The van der Waals surface area contributed by atoms with Gasteiger partial charge >= 0.3 is 0 Å². The minimum atomic E-state index is -0.719. The van der Waals surface area contributed by atoms with Crippen LogP contribution in [0.3, 0.4) is 0 Å². The summed E-state index contributed by atoms with van der Waals surface area (Å²) in [5, 5.41) is 6.23. The minimum Gasteiger partial charge on any atom is -0.353 e. The number of likely N-dealkylation sites (N-methyl/N-ethyl adjacent to an activating group) is 1. The van der Waals surface area contributed by atoms with Crippen molar-refractivity contribution in [3.8, 4) is 0 Å². The molecule has 3 unspecified atom stereocenters. The van der Waals surface area contributed by atoms with Gasteiger partial charge in [-0.15, -0.1) is 0 Å². The van der Waals surface area contributed by atoms with Crippen LogP contribution in [-0.2, 0) is 19.2 Å². The number of carbonyl (C=O) groups is 4. The Bertz CT molecular complexity index is 1080. The van der Waals surface area contributed by atoms with Gasteiger partial charge in [0.1, 0.15) is 12.1 Å². The van der Waals surface area contributed by atoms with Crippen LogP contribution in [0.15, 0.2) is 11.6 Å². The molecule has 4 amide bonds. The molecule has 262 valence electrons. The molecule has 3 aliphatic rings. The number of nitrogens with zero attached hydrogens (tertiary/aromatic N) is 4. The zero-order valence-corrected chi connectivity index (χ0v) is 30.4. The van der Waals surface area contributed by atoms with E-state index in [1.807, 2.05) is 40.7 Å². The van der Waals surface area contributed by atoms with E-state index < -0.39 is 17.5 Å². The van der Waals surface area contributed by atoms with Crippen molar-refractivity contribution < 1.29 is 19.2 Å². The fraction of sp³-hybridized carbons (Fsp3) is 0.833. The number of hydrogen-bond acceptors (Lipinski definition) is 6. The predicted molar refractivity (Wildman–Crippen MR) is 184 cm³/mol. The maximum atomic E-state index is 14.1. The zero-order chi connectivity index (χ0) is 34.2. The first kappa shape index (κ1) is 38.0. The van der Waals surface area contributed by atoms with Crippen LogP contribution in [-0.4, -0.2) is 120 Å². The monoisotopic (exact) mass is 644 g/mol. The molecule has 10 nitrogen and oxygen atoms in total. The predicted octanol–water partition coefficient (Wildman–Crippen LogP) is 3.80. The van der Waals surface area contributed by atoms with Crippen LogP contribution in [0.2, 0.25) is 0 Å². The molecule has 0 aromatic rings. The lowest BCUT2D eigenvalue weighted by Gasteiger charge is -2.41. The highest BCUT2D eigenvalue weighted by atomic mass is 16.2. The number of amides is 4. The molecule has 2 N–H and O–H groups in total. The van der Waals surface area contributed by atoms with Gasteiger partial charge in [-0.3, -0.25) is 24.1 Å². The summed E-state index contributed by atoms with van der Waals surface area (Å²) < 4.78 is 0. The van der Waals surface area contributed by atoms with E-state index >= 15 is 0 Å². The highest BCUT2D eigenvalue weighted by Gasteiger charge is 2.40. The third kappa shape index (κ3) is 10.0. The maximum Gasteiger partial charge on any atom is 0.249 e. The molecule has 3 aliphatic heterocycles. The zero-order valence-electron chi connectivity index (χ0n) is 30.4. The van der Waals surface area contributed by atoms with Crippen LogP contribution in [0.25, 0.3) is 0 Å². The number of likely N-dealkylation sites (tertiary alicyclic amines) is 3. The fourth-order valence-corrected chi connectivity index (χ4v) is 7.32. The van der Waals surface area contributed by atoms with E-state index in [2.05, 4.69) is 34.3 Å².